The van der Waals surface area contributed by atoms with Crippen molar-refractivity contribution in [3.05, 3.63) is 77.1 Å². The van der Waals surface area contributed by atoms with Gasteiger partial charge in [-0.2, -0.15) is 5.10 Å². The molecule has 3 rings (SSSR count). The van der Waals surface area contributed by atoms with Gasteiger partial charge in [0.25, 0.3) is 0 Å². The smallest absolute Gasteiger partial charge is 0.363 e. The zero-order valence-corrected chi connectivity index (χ0v) is 16.3. The topological polar surface area (TPSA) is 70.4 Å². The van der Waals surface area contributed by atoms with Crippen LogP contribution in [0.2, 0.25) is 0 Å². The standard InChI is InChI=1S/C22H22N2O4/c1-14-10-11-17(12-15(14)2)21(25)16(3)28-22(26)20-19(27-4)13-24(23-20)18-8-6-5-7-9-18/h5-13,16H,1-4H3/t16-/m1/s1. The number of rotatable bonds is 6. The van der Waals surface area contributed by atoms with Gasteiger partial charge in [0, 0.05) is 5.56 Å². The van der Waals surface area contributed by atoms with Crippen molar-refractivity contribution in [2.45, 2.75) is 26.9 Å². The Morgan fingerprint density at radius 1 is 1.04 bits per heavy atom. The van der Waals surface area contributed by atoms with Crippen molar-refractivity contribution in [1.29, 1.82) is 0 Å². The van der Waals surface area contributed by atoms with Crippen LogP contribution < -0.4 is 4.74 Å². The molecule has 3 aromatic rings. The lowest BCUT2D eigenvalue weighted by molar-refractivity contribution is 0.0309. The number of methoxy groups -OCH3 is 1. The lowest BCUT2D eigenvalue weighted by atomic mass is 10.0. The summed E-state index contributed by atoms with van der Waals surface area (Å²) in [5.41, 5.74) is 3.40. The number of Topliss-reactive ketones (excluding diaryl/α,β-unsaturated/α-hetero) is 1. The second-order valence-corrected chi connectivity index (χ2v) is 6.54. The van der Waals surface area contributed by atoms with E-state index < -0.39 is 12.1 Å². The van der Waals surface area contributed by atoms with Crippen LogP contribution in [0.15, 0.2) is 54.7 Å². The number of aromatic nitrogens is 2. The third-order valence-electron chi connectivity index (χ3n) is 4.56. The highest BCUT2D eigenvalue weighted by Gasteiger charge is 2.25. The van der Waals surface area contributed by atoms with Gasteiger partial charge in [0.15, 0.2) is 11.9 Å². The maximum Gasteiger partial charge on any atom is 0.363 e. The van der Waals surface area contributed by atoms with Crippen LogP contribution in [0.3, 0.4) is 0 Å². The van der Waals surface area contributed by atoms with Crippen molar-refractivity contribution in [1.82, 2.24) is 9.78 Å². The molecule has 6 heteroatoms. The van der Waals surface area contributed by atoms with Crippen LogP contribution in [-0.4, -0.2) is 34.7 Å². The molecule has 0 bridgehead atoms. The molecular formula is C22H22N2O4. The highest BCUT2D eigenvalue weighted by Crippen LogP contribution is 2.21. The summed E-state index contributed by atoms with van der Waals surface area (Å²) < 4.78 is 12.2. The monoisotopic (exact) mass is 378 g/mol. The first-order valence-corrected chi connectivity index (χ1v) is 8.92. The normalized spacial score (nSPS) is 11.7. The molecule has 0 fully saturated rings. The number of esters is 1. The zero-order chi connectivity index (χ0) is 20.3. The molecule has 1 heterocycles. The molecule has 2 aromatic carbocycles. The molecule has 0 amide bonds. The van der Waals surface area contributed by atoms with Crippen LogP contribution >= 0.6 is 0 Å². The summed E-state index contributed by atoms with van der Waals surface area (Å²) in [6.07, 6.45) is 0.656. The molecule has 0 aliphatic carbocycles. The SMILES string of the molecule is COc1cn(-c2ccccc2)nc1C(=O)O[C@H](C)C(=O)c1ccc(C)c(C)c1. The van der Waals surface area contributed by atoms with Gasteiger partial charge in [-0.3, -0.25) is 4.79 Å². The van der Waals surface area contributed by atoms with Crippen LogP contribution in [0.4, 0.5) is 0 Å². The fourth-order valence-corrected chi connectivity index (χ4v) is 2.76. The molecule has 28 heavy (non-hydrogen) atoms. The Kier molecular flexibility index (Phi) is 5.59. The fraction of sp³-hybridized carbons (Fsp3) is 0.227. The first kappa shape index (κ1) is 19.4. The summed E-state index contributed by atoms with van der Waals surface area (Å²) >= 11 is 0. The maximum absolute atomic E-state index is 12.6. The molecule has 0 saturated carbocycles. The van der Waals surface area contributed by atoms with E-state index in [4.69, 9.17) is 9.47 Å². The van der Waals surface area contributed by atoms with E-state index in [0.29, 0.717) is 5.56 Å². The third-order valence-corrected chi connectivity index (χ3v) is 4.56. The quantitative estimate of drug-likeness (QED) is 0.480. The number of carbonyl (C=O) groups is 2. The first-order chi connectivity index (χ1) is 13.4. The summed E-state index contributed by atoms with van der Waals surface area (Å²) in [5, 5.41) is 4.27. The maximum atomic E-state index is 12.6. The molecule has 1 aromatic heterocycles. The summed E-state index contributed by atoms with van der Waals surface area (Å²) in [4.78, 5) is 25.2. The van der Waals surface area contributed by atoms with Gasteiger partial charge in [0.05, 0.1) is 19.0 Å². The molecule has 0 aliphatic rings. The van der Waals surface area contributed by atoms with Crippen LogP contribution in [0.1, 0.15) is 38.9 Å². The molecule has 0 saturated heterocycles. The minimum Gasteiger partial charge on any atom is -0.493 e. The van der Waals surface area contributed by atoms with Crippen molar-refractivity contribution in [3.8, 4) is 11.4 Å². The number of aryl methyl sites for hydroxylation is 2. The minimum absolute atomic E-state index is 0.0195. The van der Waals surface area contributed by atoms with Gasteiger partial charge in [-0.25, -0.2) is 9.48 Å². The zero-order valence-electron chi connectivity index (χ0n) is 16.3. The van der Waals surface area contributed by atoms with Crippen molar-refractivity contribution in [2.24, 2.45) is 0 Å². The van der Waals surface area contributed by atoms with Gasteiger partial charge in [-0.15, -0.1) is 0 Å². The molecular weight excluding hydrogens is 356 g/mol. The second kappa shape index (κ2) is 8.08. The van der Waals surface area contributed by atoms with Crippen LogP contribution in [0, 0.1) is 13.8 Å². The molecule has 6 nitrogen and oxygen atoms in total. The molecule has 0 spiro atoms. The number of nitrogens with zero attached hydrogens (tertiary/aromatic N) is 2. The number of benzene rings is 2. The van der Waals surface area contributed by atoms with Gasteiger partial charge in [0.1, 0.15) is 0 Å². The Morgan fingerprint density at radius 3 is 2.39 bits per heavy atom. The summed E-state index contributed by atoms with van der Waals surface area (Å²) in [6, 6.07) is 14.7. The molecule has 0 aliphatic heterocycles. The minimum atomic E-state index is -0.943. The van der Waals surface area contributed by atoms with Gasteiger partial charge >= 0.3 is 5.97 Å². The molecule has 1 atom stereocenters. The van der Waals surface area contributed by atoms with Crippen LogP contribution in [0.25, 0.3) is 5.69 Å². The fourth-order valence-electron chi connectivity index (χ4n) is 2.76. The van der Waals surface area contributed by atoms with Gasteiger partial charge < -0.3 is 9.47 Å². The van der Waals surface area contributed by atoms with E-state index in [9.17, 15) is 9.59 Å². The van der Waals surface area contributed by atoms with E-state index in [1.807, 2.05) is 50.2 Å². The predicted octanol–water partition coefficient (Wildman–Crippen LogP) is 3.93. The van der Waals surface area contributed by atoms with Crippen molar-refractivity contribution in [3.63, 3.8) is 0 Å². The van der Waals surface area contributed by atoms with Gasteiger partial charge in [-0.05, 0) is 50.1 Å². The number of hydrogen-bond acceptors (Lipinski definition) is 5. The lowest BCUT2D eigenvalue weighted by Crippen LogP contribution is -2.25. The number of ether oxygens (including phenoxy) is 2. The Labute approximate surface area is 163 Å². The Bertz CT molecular complexity index is 1010. The predicted molar refractivity (Wildman–Crippen MR) is 105 cm³/mol. The largest absolute Gasteiger partial charge is 0.493 e. The molecule has 144 valence electrons. The van der Waals surface area contributed by atoms with Gasteiger partial charge in [-0.1, -0.05) is 30.3 Å². The average Bonchev–Trinajstić information content (AvgIpc) is 3.15. The average molecular weight is 378 g/mol. The number of ketones is 1. The molecule has 0 unspecified atom stereocenters. The molecule has 0 radical (unpaired) electrons. The Hall–Kier alpha value is -3.41. The van der Waals surface area contributed by atoms with E-state index in [1.165, 1.54) is 11.8 Å². The van der Waals surface area contributed by atoms with Crippen LogP contribution in [0.5, 0.6) is 5.75 Å². The highest BCUT2D eigenvalue weighted by atomic mass is 16.5. The van der Waals surface area contributed by atoms with Crippen molar-refractivity contribution < 1.29 is 19.1 Å². The third kappa shape index (κ3) is 3.96. The van der Waals surface area contributed by atoms with Crippen molar-refractivity contribution in [2.75, 3.05) is 7.11 Å². The van der Waals surface area contributed by atoms with E-state index in [-0.39, 0.29) is 17.2 Å². The van der Waals surface area contributed by atoms with E-state index in [1.54, 1.807) is 25.3 Å². The van der Waals surface area contributed by atoms with Gasteiger partial charge in [0.2, 0.25) is 11.5 Å². The lowest BCUT2D eigenvalue weighted by Gasteiger charge is -2.12. The second-order valence-electron chi connectivity index (χ2n) is 6.54. The number of para-hydroxylation sites is 1. The first-order valence-electron chi connectivity index (χ1n) is 8.92. The summed E-state index contributed by atoms with van der Waals surface area (Å²) in [5.74, 6) is -0.700. The molecule has 0 N–H and O–H groups in total. The summed E-state index contributed by atoms with van der Waals surface area (Å²) in [6.45, 7) is 5.46. The van der Waals surface area contributed by atoms with E-state index >= 15 is 0 Å². The Balaban J connectivity index is 1.79. The highest BCUT2D eigenvalue weighted by molar-refractivity contribution is 6.01. The van der Waals surface area contributed by atoms with E-state index in [0.717, 1.165) is 16.8 Å². The van der Waals surface area contributed by atoms with Crippen molar-refractivity contribution >= 4 is 11.8 Å². The Morgan fingerprint density at radius 2 is 1.75 bits per heavy atom. The van der Waals surface area contributed by atoms with Crippen LogP contribution in [-0.2, 0) is 4.74 Å². The number of hydrogen-bond donors (Lipinski definition) is 0. The number of carbonyl (C=O) groups excluding carboxylic acids is 2. The van der Waals surface area contributed by atoms with E-state index in [2.05, 4.69) is 5.10 Å². The summed E-state index contributed by atoms with van der Waals surface area (Å²) in [7, 11) is 1.45.